The molecular formula is C7H5NO2S. The van der Waals surface area contributed by atoms with E-state index in [0.717, 1.165) is 5.56 Å². The van der Waals surface area contributed by atoms with Crippen LogP contribution in [0.15, 0.2) is 21.7 Å². The van der Waals surface area contributed by atoms with Crippen molar-refractivity contribution in [2.45, 2.75) is 6.92 Å². The lowest BCUT2D eigenvalue weighted by Crippen LogP contribution is -1.92. The molecule has 0 fully saturated rings. The number of aryl methyl sites for hydroxylation is 1. The maximum atomic E-state index is 10.9. The predicted octanol–water partition coefficient (Wildman–Crippen LogP) is 1.83. The van der Waals surface area contributed by atoms with Crippen molar-refractivity contribution in [3.8, 4) is 0 Å². The molecule has 0 aromatic carbocycles. The Morgan fingerprint density at radius 1 is 1.82 bits per heavy atom. The Morgan fingerprint density at radius 2 is 2.55 bits per heavy atom. The second-order valence-electron chi connectivity index (χ2n) is 1.94. The second kappa shape index (κ2) is 3.23. The lowest BCUT2D eigenvalue weighted by atomic mass is 10.3. The molecule has 0 aliphatic rings. The van der Waals surface area contributed by atoms with Gasteiger partial charge in [-0.1, -0.05) is 0 Å². The van der Waals surface area contributed by atoms with Gasteiger partial charge < -0.3 is 4.42 Å². The average molecular weight is 167 g/mol. The van der Waals surface area contributed by atoms with E-state index in [-0.39, 0.29) is 5.76 Å². The number of furan rings is 1. The van der Waals surface area contributed by atoms with Crippen molar-refractivity contribution in [2.75, 3.05) is 0 Å². The van der Waals surface area contributed by atoms with Gasteiger partial charge in [-0.3, -0.25) is 4.79 Å². The fourth-order valence-electron chi connectivity index (χ4n) is 0.684. The number of hydrogen-bond donors (Lipinski definition) is 0. The first kappa shape index (κ1) is 7.85. The molecule has 1 aromatic heterocycles. The number of rotatable bonds is 1. The third kappa shape index (κ3) is 1.61. The van der Waals surface area contributed by atoms with Gasteiger partial charge in [0.25, 0.3) is 0 Å². The molecule has 0 bridgehead atoms. The van der Waals surface area contributed by atoms with Crippen LogP contribution >= 0.6 is 12.2 Å². The van der Waals surface area contributed by atoms with Crippen molar-refractivity contribution >= 4 is 23.3 Å². The van der Waals surface area contributed by atoms with Crippen LogP contribution in [0, 0.1) is 6.92 Å². The van der Waals surface area contributed by atoms with E-state index in [0.29, 0.717) is 0 Å². The summed E-state index contributed by atoms with van der Waals surface area (Å²) >= 11 is 4.27. The van der Waals surface area contributed by atoms with Gasteiger partial charge in [-0.05, 0) is 25.2 Å². The van der Waals surface area contributed by atoms with Gasteiger partial charge in [0.15, 0.2) is 5.76 Å². The first-order chi connectivity index (χ1) is 5.25. The minimum atomic E-state index is -0.484. The SMILES string of the molecule is Cc1ccoc1C(=O)N=C=S. The molecule has 56 valence electrons. The number of aliphatic imine (C=N–C) groups is 1. The Labute approximate surface area is 68.7 Å². The zero-order chi connectivity index (χ0) is 8.27. The number of isothiocyanates is 1. The Bertz CT molecular complexity index is 323. The fourth-order valence-corrected chi connectivity index (χ4v) is 0.767. The minimum absolute atomic E-state index is 0.224. The molecule has 0 aliphatic heterocycles. The summed E-state index contributed by atoms with van der Waals surface area (Å²) in [4.78, 5) is 14.2. The normalized spacial score (nSPS) is 8.82. The average Bonchev–Trinajstić information content (AvgIpc) is 2.36. The molecule has 0 aliphatic carbocycles. The van der Waals surface area contributed by atoms with Crippen LogP contribution in [0.4, 0.5) is 0 Å². The van der Waals surface area contributed by atoms with Crippen LogP contribution in [0.3, 0.4) is 0 Å². The molecule has 1 rings (SSSR count). The molecule has 1 heterocycles. The number of carbonyl (C=O) groups is 1. The van der Waals surface area contributed by atoms with Crippen LogP contribution in [-0.2, 0) is 0 Å². The van der Waals surface area contributed by atoms with Gasteiger partial charge in [0.1, 0.15) is 0 Å². The van der Waals surface area contributed by atoms with Crippen LogP contribution in [-0.4, -0.2) is 11.1 Å². The summed E-state index contributed by atoms with van der Waals surface area (Å²) in [6.07, 6.45) is 1.43. The zero-order valence-corrected chi connectivity index (χ0v) is 6.64. The largest absolute Gasteiger partial charge is 0.459 e. The third-order valence-electron chi connectivity index (χ3n) is 1.20. The summed E-state index contributed by atoms with van der Waals surface area (Å²) in [6, 6.07) is 1.69. The topological polar surface area (TPSA) is 42.6 Å². The highest BCUT2D eigenvalue weighted by molar-refractivity contribution is 7.78. The highest BCUT2D eigenvalue weighted by Crippen LogP contribution is 2.09. The van der Waals surface area contributed by atoms with E-state index < -0.39 is 5.91 Å². The van der Waals surface area contributed by atoms with Crippen LogP contribution in [0.25, 0.3) is 0 Å². The molecule has 4 heteroatoms. The van der Waals surface area contributed by atoms with Gasteiger partial charge in [0, 0.05) is 5.56 Å². The highest BCUT2D eigenvalue weighted by atomic mass is 32.1. The lowest BCUT2D eigenvalue weighted by molar-refractivity contribution is 0.0976. The van der Waals surface area contributed by atoms with E-state index in [1.165, 1.54) is 6.26 Å². The summed E-state index contributed by atoms with van der Waals surface area (Å²) in [7, 11) is 0. The molecule has 0 N–H and O–H groups in total. The molecule has 0 atom stereocenters. The van der Waals surface area contributed by atoms with Gasteiger partial charge in [-0.2, -0.15) is 0 Å². The summed E-state index contributed by atoms with van der Waals surface area (Å²) in [5, 5.41) is 1.98. The maximum Gasteiger partial charge on any atom is 0.321 e. The monoisotopic (exact) mass is 167 g/mol. The van der Waals surface area contributed by atoms with Crippen molar-refractivity contribution in [1.82, 2.24) is 0 Å². The number of nitrogens with zero attached hydrogens (tertiary/aromatic N) is 1. The molecule has 0 unspecified atom stereocenters. The molecular weight excluding hydrogens is 162 g/mol. The Kier molecular flexibility index (Phi) is 2.31. The Balaban J connectivity index is 3.02. The van der Waals surface area contributed by atoms with E-state index in [9.17, 15) is 4.79 Å². The summed E-state index contributed by atoms with van der Waals surface area (Å²) < 4.78 is 4.85. The zero-order valence-electron chi connectivity index (χ0n) is 5.83. The standard InChI is InChI=1S/C7H5NO2S/c1-5-2-3-10-6(5)7(9)8-4-11/h2-3H,1H3. The van der Waals surface area contributed by atoms with Crippen molar-refractivity contribution in [3.05, 3.63) is 23.7 Å². The van der Waals surface area contributed by atoms with E-state index in [2.05, 4.69) is 17.2 Å². The van der Waals surface area contributed by atoms with Crippen molar-refractivity contribution < 1.29 is 9.21 Å². The van der Waals surface area contributed by atoms with Gasteiger partial charge in [-0.15, -0.1) is 4.99 Å². The molecule has 3 nitrogen and oxygen atoms in total. The summed E-state index contributed by atoms with van der Waals surface area (Å²) in [5.41, 5.74) is 0.754. The quantitative estimate of drug-likeness (QED) is 0.473. The molecule has 0 spiro atoms. The van der Waals surface area contributed by atoms with Crippen LogP contribution in [0.2, 0.25) is 0 Å². The summed E-state index contributed by atoms with van der Waals surface area (Å²) in [6.45, 7) is 1.76. The van der Waals surface area contributed by atoms with Gasteiger partial charge >= 0.3 is 5.91 Å². The van der Waals surface area contributed by atoms with Gasteiger partial charge in [0.2, 0.25) is 0 Å². The van der Waals surface area contributed by atoms with E-state index >= 15 is 0 Å². The number of hydrogen-bond acceptors (Lipinski definition) is 3. The number of thiocarbonyl (C=S) groups is 1. The number of amides is 1. The summed E-state index contributed by atoms with van der Waals surface area (Å²) in [5.74, 6) is -0.259. The van der Waals surface area contributed by atoms with Crippen LogP contribution < -0.4 is 0 Å². The second-order valence-corrected chi connectivity index (χ2v) is 2.12. The van der Waals surface area contributed by atoms with E-state index in [1.807, 2.05) is 5.16 Å². The Morgan fingerprint density at radius 3 is 3.00 bits per heavy atom. The van der Waals surface area contributed by atoms with Gasteiger partial charge in [-0.25, -0.2) is 0 Å². The lowest BCUT2D eigenvalue weighted by Gasteiger charge is -1.86. The van der Waals surface area contributed by atoms with Crippen molar-refractivity contribution in [2.24, 2.45) is 4.99 Å². The Hall–Kier alpha value is -1.25. The number of carbonyl (C=O) groups excluding carboxylic acids is 1. The van der Waals surface area contributed by atoms with Crippen LogP contribution in [0.1, 0.15) is 16.1 Å². The first-order valence-electron chi connectivity index (χ1n) is 2.92. The molecule has 0 radical (unpaired) electrons. The molecule has 1 aromatic rings. The third-order valence-corrected chi connectivity index (χ3v) is 1.29. The predicted molar refractivity (Wildman–Crippen MR) is 42.8 cm³/mol. The highest BCUT2D eigenvalue weighted by Gasteiger charge is 2.09. The van der Waals surface area contributed by atoms with Crippen molar-refractivity contribution in [1.29, 1.82) is 0 Å². The molecule has 1 amide bonds. The van der Waals surface area contributed by atoms with E-state index in [4.69, 9.17) is 4.42 Å². The van der Waals surface area contributed by atoms with Crippen LogP contribution in [0.5, 0.6) is 0 Å². The van der Waals surface area contributed by atoms with Crippen molar-refractivity contribution in [3.63, 3.8) is 0 Å². The van der Waals surface area contributed by atoms with E-state index in [1.54, 1.807) is 13.0 Å². The fraction of sp³-hybridized carbons (Fsp3) is 0.143. The molecule has 0 saturated carbocycles. The molecule has 11 heavy (non-hydrogen) atoms. The minimum Gasteiger partial charge on any atom is -0.459 e. The first-order valence-corrected chi connectivity index (χ1v) is 3.33. The smallest absolute Gasteiger partial charge is 0.321 e. The van der Waals surface area contributed by atoms with Gasteiger partial charge in [0.05, 0.1) is 11.4 Å². The maximum absolute atomic E-state index is 10.9. The molecule has 0 saturated heterocycles.